The fourth-order valence-electron chi connectivity index (χ4n) is 2.70. The minimum absolute atomic E-state index is 0.168. The van der Waals surface area contributed by atoms with Crippen LogP contribution in [0.15, 0.2) is 0 Å². The van der Waals surface area contributed by atoms with Gasteiger partial charge < -0.3 is 0 Å². The van der Waals surface area contributed by atoms with Crippen molar-refractivity contribution < 1.29 is 0 Å². The molecule has 3 rings (SSSR count). The van der Waals surface area contributed by atoms with Crippen molar-refractivity contribution >= 4 is 11.6 Å². The van der Waals surface area contributed by atoms with Gasteiger partial charge in [-0.1, -0.05) is 12.8 Å². The van der Waals surface area contributed by atoms with E-state index < -0.39 is 0 Å². The Hall–Kier alpha value is 0.290. The predicted octanol–water partition coefficient (Wildman–Crippen LogP) is 3.19. The summed E-state index contributed by atoms with van der Waals surface area (Å²) < 4.78 is 0. The second-order valence-electron chi connectivity index (χ2n) is 4.20. The molecule has 0 radical (unpaired) electrons. The normalized spacial score (nSPS) is 53.4. The topological polar surface area (TPSA) is 0 Å². The van der Waals surface area contributed by atoms with Gasteiger partial charge in [0.2, 0.25) is 0 Å². The van der Waals surface area contributed by atoms with Gasteiger partial charge in [0.1, 0.15) is 0 Å². The first-order valence-corrected chi connectivity index (χ1v) is 4.75. The Labute approximate surface area is 68.0 Å². The van der Waals surface area contributed by atoms with Crippen LogP contribution in [0, 0.1) is 11.8 Å². The van der Waals surface area contributed by atoms with Crippen molar-refractivity contribution in [2.45, 2.75) is 43.9 Å². The Morgan fingerprint density at radius 2 is 1.80 bits per heavy atom. The summed E-state index contributed by atoms with van der Waals surface area (Å²) in [6, 6.07) is 0. The lowest BCUT2D eigenvalue weighted by Crippen LogP contribution is -2.40. The fraction of sp³-hybridized carbons (Fsp3) is 1.00. The lowest BCUT2D eigenvalue weighted by molar-refractivity contribution is 0.130. The first kappa shape index (κ1) is 6.97. The van der Waals surface area contributed by atoms with Crippen LogP contribution >= 0.6 is 11.6 Å². The lowest BCUT2D eigenvalue weighted by atomic mass is 9.65. The van der Waals surface area contributed by atoms with Crippen LogP contribution in [-0.4, -0.2) is 4.87 Å². The third kappa shape index (κ3) is 0.972. The van der Waals surface area contributed by atoms with E-state index in [0.717, 1.165) is 11.8 Å². The number of alkyl halides is 1. The van der Waals surface area contributed by atoms with Gasteiger partial charge in [-0.2, -0.15) is 0 Å². The molecule has 3 aliphatic rings. The molecule has 0 aromatic heterocycles. The molecule has 0 aromatic carbocycles. The minimum atomic E-state index is 0.168. The zero-order chi connectivity index (χ0) is 7.19. The molecular weight excluding hydrogens is 144 g/mol. The van der Waals surface area contributed by atoms with Gasteiger partial charge in [-0.3, -0.25) is 0 Å². The lowest BCUT2D eigenvalue weighted by Gasteiger charge is -2.46. The summed E-state index contributed by atoms with van der Waals surface area (Å²) in [6.07, 6.45) is 6.97. The molecule has 3 aliphatic carbocycles. The molecule has 3 saturated carbocycles. The maximum atomic E-state index is 6.37. The number of hydrogen-bond acceptors (Lipinski definition) is 0. The van der Waals surface area contributed by atoms with E-state index in [2.05, 4.69) is 6.92 Å². The van der Waals surface area contributed by atoms with Gasteiger partial charge in [-0.05, 0) is 38.0 Å². The zero-order valence-corrected chi connectivity index (χ0v) is 7.32. The van der Waals surface area contributed by atoms with E-state index in [-0.39, 0.29) is 4.87 Å². The molecule has 3 fully saturated rings. The van der Waals surface area contributed by atoms with E-state index >= 15 is 0 Å². The number of rotatable bonds is 0. The largest absolute Gasteiger partial charge is 0.119 e. The number of hydrogen-bond donors (Lipinski definition) is 0. The van der Waals surface area contributed by atoms with Crippen molar-refractivity contribution in [3.8, 4) is 0 Å². The quantitative estimate of drug-likeness (QED) is 0.475. The maximum absolute atomic E-state index is 6.37. The summed E-state index contributed by atoms with van der Waals surface area (Å²) in [6.45, 7) is 2.23. The summed E-state index contributed by atoms with van der Waals surface area (Å²) >= 11 is 6.37. The highest BCUT2D eigenvalue weighted by Crippen LogP contribution is 2.50. The molecule has 1 unspecified atom stereocenters. The van der Waals surface area contributed by atoms with Crippen LogP contribution in [-0.2, 0) is 0 Å². The van der Waals surface area contributed by atoms with Gasteiger partial charge in [-0.15, -0.1) is 11.6 Å². The van der Waals surface area contributed by atoms with E-state index in [1.165, 1.54) is 32.1 Å². The smallest absolute Gasteiger partial charge is 0.0449 e. The Bertz CT molecular complexity index is 132. The summed E-state index contributed by atoms with van der Waals surface area (Å²) in [4.78, 5) is 0.168. The van der Waals surface area contributed by atoms with Crippen molar-refractivity contribution in [3.05, 3.63) is 0 Å². The molecule has 0 amide bonds. The van der Waals surface area contributed by atoms with Gasteiger partial charge in [0.15, 0.2) is 0 Å². The zero-order valence-electron chi connectivity index (χ0n) is 6.57. The molecule has 0 N–H and O–H groups in total. The number of fused-ring (bicyclic) bond motifs is 3. The van der Waals surface area contributed by atoms with E-state index in [4.69, 9.17) is 11.6 Å². The van der Waals surface area contributed by atoms with Crippen molar-refractivity contribution in [1.82, 2.24) is 0 Å². The second kappa shape index (κ2) is 2.14. The second-order valence-corrected chi connectivity index (χ2v) is 5.06. The van der Waals surface area contributed by atoms with Gasteiger partial charge in [0, 0.05) is 4.87 Å². The van der Waals surface area contributed by atoms with Crippen molar-refractivity contribution in [3.63, 3.8) is 0 Å². The van der Waals surface area contributed by atoms with Crippen molar-refractivity contribution in [2.24, 2.45) is 11.8 Å². The van der Waals surface area contributed by atoms with Gasteiger partial charge in [0.25, 0.3) is 0 Å². The Kier molecular flexibility index (Phi) is 1.49. The molecule has 1 atom stereocenters. The minimum Gasteiger partial charge on any atom is -0.119 e. The summed E-state index contributed by atoms with van der Waals surface area (Å²) in [5, 5.41) is 0. The predicted molar refractivity (Wildman–Crippen MR) is 44.3 cm³/mol. The van der Waals surface area contributed by atoms with E-state index in [1.807, 2.05) is 0 Å². The average molecular weight is 159 g/mol. The highest BCUT2D eigenvalue weighted by molar-refractivity contribution is 6.24. The average Bonchev–Trinajstić information content (AvgIpc) is 1.87. The fourth-order valence-corrected chi connectivity index (χ4v) is 3.14. The standard InChI is InChI=1S/C9H15Cl/c1-9(10)6-7-2-4-8(9)5-3-7/h7-8H,2-6H2,1H3. The molecule has 0 spiro atoms. The molecule has 1 heteroatoms. The van der Waals surface area contributed by atoms with Crippen LogP contribution < -0.4 is 0 Å². The molecule has 0 aromatic rings. The Morgan fingerprint density at radius 3 is 2.00 bits per heavy atom. The summed E-state index contributed by atoms with van der Waals surface area (Å²) in [5.74, 6) is 1.80. The molecular formula is C9H15Cl. The summed E-state index contributed by atoms with van der Waals surface area (Å²) in [5.41, 5.74) is 0. The number of halogens is 1. The molecule has 0 nitrogen and oxygen atoms in total. The molecule has 0 saturated heterocycles. The van der Waals surface area contributed by atoms with E-state index in [1.54, 1.807) is 0 Å². The maximum Gasteiger partial charge on any atom is 0.0449 e. The highest BCUT2D eigenvalue weighted by Gasteiger charge is 2.42. The van der Waals surface area contributed by atoms with E-state index in [9.17, 15) is 0 Å². The highest BCUT2D eigenvalue weighted by atomic mass is 35.5. The van der Waals surface area contributed by atoms with Crippen LogP contribution in [0.25, 0.3) is 0 Å². The van der Waals surface area contributed by atoms with Crippen molar-refractivity contribution in [2.75, 3.05) is 0 Å². The summed E-state index contributed by atoms with van der Waals surface area (Å²) in [7, 11) is 0. The molecule has 2 bridgehead atoms. The molecule has 10 heavy (non-hydrogen) atoms. The third-order valence-corrected chi connectivity index (χ3v) is 3.85. The molecule has 0 aliphatic heterocycles. The van der Waals surface area contributed by atoms with Crippen LogP contribution in [0.5, 0.6) is 0 Å². The Morgan fingerprint density at radius 1 is 1.20 bits per heavy atom. The van der Waals surface area contributed by atoms with E-state index in [0.29, 0.717) is 0 Å². The van der Waals surface area contributed by atoms with Crippen LogP contribution in [0.1, 0.15) is 39.0 Å². The molecule has 58 valence electrons. The first-order valence-electron chi connectivity index (χ1n) is 4.37. The van der Waals surface area contributed by atoms with Gasteiger partial charge >= 0.3 is 0 Å². The first-order chi connectivity index (χ1) is 4.68. The molecule has 0 heterocycles. The van der Waals surface area contributed by atoms with Crippen LogP contribution in [0.2, 0.25) is 0 Å². The van der Waals surface area contributed by atoms with Crippen LogP contribution in [0.4, 0.5) is 0 Å². The van der Waals surface area contributed by atoms with Gasteiger partial charge in [-0.25, -0.2) is 0 Å². The van der Waals surface area contributed by atoms with Crippen molar-refractivity contribution in [1.29, 1.82) is 0 Å². The SMILES string of the molecule is CC1(Cl)CC2CCC1CC2. The Balaban J connectivity index is 2.15. The van der Waals surface area contributed by atoms with Gasteiger partial charge in [0.05, 0.1) is 0 Å². The van der Waals surface area contributed by atoms with Crippen LogP contribution in [0.3, 0.4) is 0 Å². The monoisotopic (exact) mass is 158 g/mol. The third-order valence-electron chi connectivity index (χ3n) is 3.39.